The summed E-state index contributed by atoms with van der Waals surface area (Å²) < 4.78 is 39.9. The van der Waals surface area contributed by atoms with Crippen molar-refractivity contribution < 1.29 is 22.8 Å². The van der Waals surface area contributed by atoms with Gasteiger partial charge >= 0.3 is 6.18 Å². The van der Waals surface area contributed by atoms with Gasteiger partial charge in [0.2, 0.25) is 11.8 Å². The van der Waals surface area contributed by atoms with Crippen LogP contribution in [0, 0.1) is 5.41 Å². The van der Waals surface area contributed by atoms with E-state index in [2.05, 4.69) is 0 Å². The zero-order chi connectivity index (χ0) is 18.5. The highest BCUT2D eigenvalue weighted by atomic mass is 19.4. The SMILES string of the molecule is O=C1C[C@]2(C[C@@H]2c2ccccc2C(F)(F)F)C(=O)N1Cc1ccccc1. The van der Waals surface area contributed by atoms with Crippen LogP contribution in [0.1, 0.15) is 35.4 Å². The van der Waals surface area contributed by atoms with E-state index in [-0.39, 0.29) is 36.8 Å². The minimum atomic E-state index is -4.48. The van der Waals surface area contributed by atoms with Crippen LogP contribution in [0.15, 0.2) is 54.6 Å². The molecule has 26 heavy (non-hydrogen) atoms. The molecule has 134 valence electrons. The summed E-state index contributed by atoms with van der Waals surface area (Å²) >= 11 is 0. The van der Waals surface area contributed by atoms with Crippen LogP contribution in [0.5, 0.6) is 0 Å². The first kappa shape index (κ1) is 16.8. The molecule has 2 amide bonds. The second-order valence-electron chi connectivity index (χ2n) is 6.95. The van der Waals surface area contributed by atoms with Crippen LogP contribution in [0.4, 0.5) is 13.2 Å². The van der Waals surface area contributed by atoms with E-state index >= 15 is 0 Å². The third kappa shape index (κ3) is 2.60. The van der Waals surface area contributed by atoms with Crippen molar-refractivity contribution in [1.82, 2.24) is 4.90 Å². The van der Waals surface area contributed by atoms with Gasteiger partial charge < -0.3 is 0 Å². The van der Waals surface area contributed by atoms with E-state index in [0.29, 0.717) is 0 Å². The molecular weight excluding hydrogens is 343 g/mol. The Morgan fingerprint density at radius 3 is 2.35 bits per heavy atom. The number of halogens is 3. The Morgan fingerprint density at radius 1 is 1.00 bits per heavy atom. The molecule has 0 bridgehead atoms. The lowest BCUT2D eigenvalue weighted by molar-refractivity contribution is -0.141. The van der Waals surface area contributed by atoms with Crippen LogP contribution in [0.3, 0.4) is 0 Å². The summed E-state index contributed by atoms with van der Waals surface area (Å²) in [6, 6.07) is 14.4. The van der Waals surface area contributed by atoms with Crippen LogP contribution in [0.25, 0.3) is 0 Å². The van der Waals surface area contributed by atoms with Crippen molar-refractivity contribution in [3.63, 3.8) is 0 Å². The largest absolute Gasteiger partial charge is 0.416 e. The van der Waals surface area contributed by atoms with Gasteiger partial charge in [-0.25, -0.2) is 0 Å². The number of alkyl halides is 3. The first-order chi connectivity index (χ1) is 12.3. The molecule has 1 spiro atoms. The van der Waals surface area contributed by atoms with Gasteiger partial charge in [-0.1, -0.05) is 48.5 Å². The second kappa shape index (κ2) is 5.69. The van der Waals surface area contributed by atoms with Crippen molar-refractivity contribution in [3.8, 4) is 0 Å². The van der Waals surface area contributed by atoms with Gasteiger partial charge in [0.05, 0.1) is 17.5 Å². The van der Waals surface area contributed by atoms with E-state index in [1.54, 1.807) is 6.07 Å². The number of nitrogens with zero attached hydrogens (tertiary/aromatic N) is 1. The second-order valence-corrected chi connectivity index (χ2v) is 6.95. The molecule has 2 fully saturated rings. The normalized spacial score (nSPS) is 25.2. The zero-order valence-electron chi connectivity index (χ0n) is 13.8. The van der Waals surface area contributed by atoms with Gasteiger partial charge in [0.15, 0.2) is 0 Å². The maximum atomic E-state index is 13.3. The van der Waals surface area contributed by atoms with Crippen molar-refractivity contribution in [2.45, 2.75) is 31.5 Å². The smallest absolute Gasteiger partial charge is 0.278 e. The third-order valence-electron chi connectivity index (χ3n) is 5.34. The Balaban J connectivity index is 1.61. The average molecular weight is 359 g/mol. The quantitative estimate of drug-likeness (QED) is 0.773. The lowest BCUT2D eigenvalue weighted by Gasteiger charge is -2.16. The van der Waals surface area contributed by atoms with E-state index in [9.17, 15) is 22.8 Å². The molecule has 4 rings (SSSR count). The lowest BCUT2D eigenvalue weighted by atomic mass is 9.94. The van der Waals surface area contributed by atoms with Gasteiger partial charge in [-0.3, -0.25) is 14.5 Å². The number of amides is 2. The van der Waals surface area contributed by atoms with E-state index in [0.717, 1.165) is 11.6 Å². The standard InChI is InChI=1S/C20H16F3NO2/c21-20(22,23)15-9-5-4-8-14(15)16-10-19(16)11-17(25)24(18(19)26)12-13-6-2-1-3-7-13/h1-9,16H,10-12H2/t16-,19+/m1/s1. The average Bonchev–Trinajstić information content (AvgIpc) is 3.29. The minimum Gasteiger partial charge on any atom is -0.278 e. The topological polar surface area (TPSA) is 37.4 Å². The fraction of sp³-hybridized carbons (Fsp3) is 0.300. The van der Waals surface area contributed by atoms with E-state index in [1.807, 2.05) is 30.3 Å². The van der Waals surface area contributed by atoms with Gasteiger partial charge in [-0.2, -0.15) is 13.2 Å². The summed E-state index contributed by atoms with van der Waals surface area (Å²) in [6.07, 6.45) is -4.21. The van der Waals surface area contributed by atoms with Crippen molar-refractivity contribution in [1.29, 1.82) is 0 Å². The maximum Gasteiger partial charge on any atom is 0.416 e. The number of carbonyl (C=O) groups excluding carboxylic acids is 2. The molecule has 1 saturated carbocycles. The molecule has 0 N–H and O–H groups in total. The number of carbonyl (C=O) groups is 2. The number of rotatable bonds is 3. The first-order valence-electron chi connectivity index (χ1n) is 8.38. The molecular formula is C20H16F3NO2. The molecule has 2 aromatic rings. The Bertz CT molecular complexity index is 878. The lowest BCUT2D eigenvalue weighted by Crippen LogP contribution is -2.31. The molecule has 2 atom stereocenters. The van der Waals surface area contributed by atoms with Gasteiger partial charge in [-0.05, 0) is 23.6 Å². The Labute approximate surface area is 148 Å². The highest BCUT2D eigenvalue weighted by Crippen LogP contribution is 2.66. The van der Waals surface area contributed by atoms with Crippen molar-refractivity contribution in [2.24, 2.45) is 5.41 Å². The summed E-state index contributed by atoms with van der Waals surface area (Å²) in [6.45, 7) is 0.161. The number of hydrogen-bond acceptors (Lipinski definition) is 2. The molecule has 1 aliphatic carbocycles. The molecule has 2 aromatic carbocycles. The summed E-state index contributed by atoms with van der Waals surface area (Å²) in [5.74, 6) is -1.23. The molecule has 0 aromatic heterocycles. The molecule has 1 heterocycles. The third-order valence-corrected chi connectivity index (χ3v) is 5.34. The zero-order valence-corrected chi connectivity index (χ0v) is 13.8. The molecule has 6 heteroatoms. The minimum absolute atomic E-state index is 0.0183. The van der Waals surface area contributed by atoms with Gasteiger partial charge in [-0.15, -0.1) is 0 Å². The molecule has 2 aliphatic rings. The molecule has 1 saturated heterocycles. The fourth-order valence-corrected chi connectivity index (χ4v) is 3.95. The highest BCUT2D eigenvalue weighted by Gasteiger charge is 2.67. The van der Waals surface area contributed by atoms with Crippen molar-refractivity contribution in [3.05, 3.63) is 71.3 Å². The van der Waals surface area contributed by atoms with Crippen LogP contribution < -0.4 is 0 Å². The molecule has 1 aliphatic heterocycles. The van der Waals surface area contributed by atoms with Crippen LogP contribution in [0.2, 0.25) is 0 Å². The Kier molecular flexibility index (Phi) is 3.68. The highest BCUT2D eigenvalue weighted by molar-refractivity contribution is 6.08. The summed E-state index contributed by atoms with van der Waals surface area (Å²) in [5.41, 5.74) is -0.793. The fourth-order valence-electron chi connectivity index (χ4n) is 3.95. The summed E-state index contributed by atoms with van der Waals surface area (Å²) in [4.78, 5) is 26.4. The predicted molar refractivity (Wildman–Crippen MR) is 87.9 cm³/mol. The monoisotopic (exact) mass is 359 g/mol. The predicted octanol–water partition coefficient (Wildman–Crippen LogP) is 4.14. The van der Waals surface area contributed by atoms with Gasteiger partial charge in [0.25, 0.3) is 0 Å². The summed E-state index contributed by atoms with van der Waals surface area (Å²) in [5, 5.41) is 0. The first-order valence-corrected chi connectivity index (χ1v) is 8.38. The van der Waals surface area contributed by atoms with Crippen molar-refractivity contribution in [2.75, 3.05) is 0 Å². The van der Waals surface area contributed by atoms with E-state index in [1.165, 1.54) is 17.0 Å². The van der Waals surface area contributed by atoms with Crippen molar-refractivity contribution >= 4 is 11.8 Å². The number of likely N-dealkylation sites (tertiary alicyclic amines) is 1. The Hall–Kier alpha value is -2.63. The molecule has 3 nitrogen and oxygen atoms in total. The number of benzene rings is 2. The van der Waals surface area contributed by atoms with E-state index in [4.69, 9.17) is 0 Å². The molecule has 0 radical (unpaired) electrons. The van der Waals surface area contributed by atoms with Gasteiger partial charge in [0, 0.05) is 12.3 Å². The van der Waals surface area contributed by atoms with Crippen LogP contribution in [-0.2, 0) is 22.3 Å². The van der Waals surface area contributed by atoms with Crippen LogP contribution >= 0.6 is 0 Å². The number of imide groups is 1. The van der Waals surface area contributed by atoms with Gasteiger partial charge in [0.1, 0.15) is 0 Å². The van der Waals surface area contributed by atoms with Crippen LogP contribution in [-0.4, -0.2) is 16.7 Å². The Morgan fingerprint density at radius 2 is 1.65 bits per heavy atom. The number of hydrogen-bond donors (Lipinski definition) is 0. The molecule has 0 unspecified atom stereocenters. The maximum absolute atomic E-state index is 13.3. The van der Waals surface area contributed by atoms with E-state index < -0.39 is 23.1 Å². The summed E-state index contributed by atoms with van der Waals surface area (Å²) in [7, 11) is 0.